The third kappa shape index (κ3) is 7.59. The van der Waals surface area contributed by atoms with Crippen LogP contribution in [-0.4, -0.2) is 19.5 Å². The molecule has 354 valence electrons. The van der Waals surface area contributed by atoms with E-state index in [4.69, 9.17) is 15.0 Å². The molecule has 0 aliphatic heterocycles. The van der Waals surface area contributed by atoms with E-state index in [1.165, 1.54) is 44.5 Å². The molecule has 2 heterocycles. The molecular formula is C70H49N5. The van der Waals surface area contributed by atoms with Crippen molar-refractivity contribution < 1.29 is 0 Å². The van der Waals surface area contributed by atoms with Crippen LogP contribution < -0.4 is 4.90 Å². The second-order valence-corrected chi connectivity index (χ2v) is 20.0. The molecule has 0 saturated heterocycles. The Balaban J connectivity index is 0.929. The normalized spacial score (nSPS) is 12.5. The second kappa shape index (κ2) is 17.8. The van der Waals surface area contributed by atoms with Gasteiger partial charge in [0.2, 0.25) is 5.95 Å². The molecule has 1 aliphatic carbocycles. The van der Waals surface area contributed by atoms with Crippen molar-refractivity contribution in [3.05, 3.63) is 272 Å². The average molecular weight is 960 g/mol. The second-order valence-electron chi connectivity index (χ2n) is 20.0. The van der Waals surface area contributed by atoms with Crippen LogP contribution in [0.1, 0.15) is 25.0 Å². The molecule has 0 N–H and O–H groups in total. The first-order valence-electron chi connectivity index (χ1n) is 25.7. The van der Waals surface area contributed by atoms with Crippen molar-refractivity contribution in [2.75, 3.05) is 4.90 Å². The summed E-state index contributed by atoms with van der Waals surface area (Å²) in [6, 6.07) is 93.6. The number of nitrogens with zero attached hydrogens (tertiary/aromatic N) is 5. The van der Waals surface area contributed by atoms with Gasteiger partial charge in [0.05, 0.1) is 16.7 Å². The Morgan fingerprint density at radius 2 is 0.827 bits per heavy atom. The van der Waals surface area contributed by atoms with Crippen LogP contribution in [0.4, 0.5) is 17.1 Å². The minimum Gasteiger partial charge on any atom is -0.310 e. The summed E-state index contributed by atoms with van der Waals surface area (Å²) in [5.41, 5.74) is 19.2. The summed E-state index contributed by atoms with van der Waals surface area (Å²) in [6.45, 7) is 4.68. The van der Waals surface area contributed by atoms with Crippen molar-refractivity contribution in [3.8, 4) is 73.2 Å². The lowest BCUT2D eigenvalue weighted by Crippen LogP contribution is -2.15. The number of fused-ring (bicyclic) bond motifs is 7. The maximum Gasteiger partial charge on any atom is 0.238 e. The average Bonchev–Trinajstić information content (AvgIpc) is 3.93. The van der Waals surface area contributed by atoms with E-state index in [-0.39, 0.29) is 5.41 Å². The molecular weight excluding hydrogens is 911 g/mol. The van der Waals surface area contributed by atoms with Crippen LogP contribution in [0.3, 0.4) is 0 Å². The first kappa shape index (κ1) is 44.0. The molecule has 0 unspecified atom stereocenters. The maximum absolute atomic E-state index is 5.30. The highest BCUT2D eigenvalue weighted by atomic mass is 15.2. The van der Waals surface area contributed by atoms with Crippen LogP contribution in [0.25, 0.3) is 106 Å². The molecule has 5 nitrogen and oxygen atoms in total. The Morgan fingerprint density at radius 1 is 0.333 bits per heavy atom. The Labute approximate surface area is 436 Å². The van der Waals surface area contributed by atoms with Gasteiger partial charge in [-0.3, -0.25) is 4.57 Å². The Kier molecular flexibility index (Phi) is 10.4. The summed E-state index contributed by atoms with van der Waals surface area (Å²) in [5, 5.41) is 4.60. The third-order valence-corrected chi connectivity index (χ3v) is 15.3. The quantitative estimate of drug-likeness (QED) is 0.145. The predicted octanol–water partition coefficient (Wildman–Crippen LogP) is 18.2. The summed E-state index contributed by atoms with van der Waals surface area (Å²) in [7, 11) is 0. The lowest BCUT2D eigenvalue weighted by atomic mass is 9.82. The minimum absolute atomic E-state index is 0.202. The van der Waals surface area contributed by atoms with Crippen LogP contribution in [0.2, 0.25) is 0 Å². The summed E-state index contributed by atoms with van der Waals surface area (Å²) >= 11 is 0. The molecule has 0 saturated carbocycles. The Bertz CT molecular complexity index is 4140. The number of anilines is 3. The van der Waals surface area contributed by atoms with Gasteiger partial charge in [0.15, 0.2) is 11.6 Å². The van der Waals surface area contributed by atoms with Gasteiger partial charge >= 0.3 is 0 Å². The zero-order valence-corrected chi connectivity index (χ0v) is 41.6. The molecule has 2 aromatic heterocycles. The van der Waals surface area contributed by atoms with Crippen molar-refractivity contribution in [2.45, 2.75) is 19.3 Å². The predicted molar refractivity (Wildman–Crippen MR) is 311 cm³/mol. The largest absolute Gasteiger partial charge is 0.310 e. The Morgan fingerprint density at radius 3 is 1.43 bits per heavy atom. The molecule has 75 heavy (non-hydrogen) atoms. The van der Waals surface area contributed by atoms with Gasteiger partial charge in [0.1, 0.15) is 0 Å². The molecule has 0 fully saturated rings. The van der Waals surface area contributed by atoms with Gasteiger partial charge in [0, 0.05) is 44.1 Å². The fourth-order valence-electron chi connectivity index (χ4n) is 11.4. The molecule has 1 aliphatic rings. The standard InChI is InChI=1S/C70H49N5/c1-70(2)62-28-16-15-27-58(62)59-44-61-60-43-53(35-41-65(60)75(66(61)45-63(59)70)69-72-67(50-22-11-5-12-23-50)71-68(73-69)51-24-13-6-14-25-51)52-34-40-57-54(42-52)26-17-29-64(57)74(55-36-30-48(31-37-55)46-18-7-3-8-19-46)56-38-32-49(33-39-56)47-20-9-4-10-21-47/h3-45H,1-2H3. The number of aromatic nitrogens is 4. The van der Waals surface area contributed by atoms with Crippen LogP contribution in [0.15, 0.2) is 261 Å². The van der Waals surface area contributed by atoms with E-state index < -0.39 is 0 Å². The molecule has 0 amide bonds. The molecule has 14 rings (SSSR count). The summed E-state index contributed by atoms with van der Waals surface area (Å²) < 4.78 is 2.26. The molecule has 11 aromatic carbocycles. The molecule has 0 radical (unpaired) electrons. The van der Waals surface area contributed by atoms with E-state index in [2.05, 4.69) is 248 Å². The van der Waals surface area contributed by atoms with E-state index in [1.54, 1.807) is 0 Å². The topological polar surface area (TPSA) is 46.8 Å². The zero-order valence-electron chi connectivity index (χ0n) is 41.6. The first-order chi connectivity index (χ1) is 36.9. The lowest BCUT2D eigenvalue weighted by molar-refractivity contribution is 0.661. The van der Waals surface area contributed by atoms with Crippen molar-refractivity contribution in [1.82, 2.24) is 19.5 Å². The molecule has 5 heteroatoms. The van der Waals surface area contributed by atoms with Gasteiger partial charge < -0.3 is 4.90 Å². The van der Waals surface area contributed by atoms with Crippen molar-refractivity contribution in [3.63, 3.8) is 0 Å². The number of benzene rings is 11. The highest BCUT2D eigenvalue weighted by molar-refractivity contribution is 6.13. The van der Waals surface area contributed by atoms with E-state index in [0.717, 1.165) is 71.9 Å². The van der Waals surface area contributed by atoms with E-state index in [1.807, 2.05) is 36.4 Å². The van der Waals surface area contributed by atoms with Crippen molar-refractivity contribution >= 4 is 49.6 Å². The SMILES string of the molecule is CC1(C)c2ccccc2-c2cc3c4cc(-c5ccc6c(N(c7ccc(-c8ccccc8)cc7)c7ccc(-c8ccccc8)cc7)cccc6c5)ccc4n(-c4nc(-c5ccccc5)nc(-c5ccccc5)n4)c3cc21. The zero-order chi connectivity index (χ0) is 50.0. The van der Waals surface area contributed by atoms with Gasteiger partial charge in [-0.15, -0.1) is 0 Å². The number of hydrogen-bond donors (Lipinski definition) is 0. The smallest absolute Gasteiger partial charge is 0.238 e. The lowest BCUT2D eigenvalue weighted by Gasteiger charge is -2.27. The molecule has 0 bridgehead atoms. The van der Waals surface area contributed by atoms with Gasteiger partial charge in [-0.2, -0.15) is 9.97 Å². The van der Waals surface area contributed by atoms with Gasteiger partial charge in [0.25, 0.3) is 0 Å². The highest BCUT2D eigenvalue weighted by Crippen LogP contribution is 2.51. The fraction of sp³-hybridized carbons (Fsp3) is 0.0429. The maximum atomic E-state index is 5.30. The highest BCUT2D eigenvalue weighted by Gasteiger charge is 2.36. The summed E-state index contributed by atoms with van der Waals surface area (Å²) in [4.78, 5) is 18.0. The molecule has 0 spiro atoms. The van der Waals surface area contributed by atoms with Crippen LogP contribution in [0, 0.1) is 0 Å². The van der Waals surface area contributed by atoms with Gasteiger partial charge in [-0.25, -0.2) is 4.98 Å². The van der Waals surface area contributed by atoms with Crippen LogP contribution in [0.5, 0.6) is 0 Å². The Hall–Kier alpha value is -9.71. The monoisotopic (exact) mass is 959 g/mol. The van der Waals surface area contributed by atoms with E-state index >= 15 is 0 Å². The summed E-state index contributed by atoms with van der Waals surface area (Å²) in [6.07, 6.45) is 0. The number of hydrogen-bond acceptors (Lipinski definition) is 4. The van der Waals surface area contributed by atoms with Crippen molar-refractivity contribution in [1.29, 1.82) is 0 Å². The van der Waals surface area contributed by atoms with Gasteiger partial charge in [-0.1, -0.05) is 214 Å². The van der Waals surface area contributed by atoms with Crippen LogP contribution >= 0.6 is 0 Å². The summed E-state index contributed by atoms with van der Waals surface area (Å²) in [5.74, 6) is 1.83. The first-order valence-corrected chi connectivity index (χ1v) is 25.7. The number of rotatable bonds is 9. The minimum atomic E-state index is -0.202. The van der Waals surface area contributed by atoms with Crippen LogP contribution in [-0.2, 0) is 5.41 Å². The van der Waals surface area contributed by atoms with Gasteiger partial charge in [-0.05, 0) is 122 Å². The molecule has 0 atom stereocenters. The van der Waals surface area contributed by atoms with E-state index in [9.17, 15) is 0 Å². The van der Waals surface area contributed by atoms with E-state index in [0.29, 0.717) is 17.6 Å². The third-order valence-electron chi connectivity index (χ3n) is 15.3. The fourth-order valence-corrected chi connectivity index (χ4v) is 11.4. The van der Waals surface area contributed by atoms with Crippen molar-refractivity contribution in [2.24, 2.45) is 0 Å². The molecule has 13 aromatic rings.